The van der Waals surface area contributed by atoms with E-state index in [1.807, 2.05) is 43.3 Å². The van der Waals surface area contributed by atoms with E-state index in [0.29, 0.717) is 17.2 Å². The Labute approximate surface area is 171 Å². The molecule has 1 unspecified atom stereocenters. The minimum Gasteiger partial charge on any atom is -0.483 e. The van der Waals surface area contributed by atoms with Crippen molar-refractivity contribution in [2.24, 2.45) is 0 Å². The van der Waals surface area contributed by atoms with Crippen molar-refractivity contribution in [1.29, 1.82) is 0 Å². The number of carbonyl (C=O) groups is 1. The lowest BCUT2D eigenvalue weighted by molar-refractivity contribution is 0.209. The summed E-state index contributed by atoms with van der Waals surface area (Å²) in [6.45, 7) is 1.88. The molecular weight excluding hydrogens is 386 g/mol. The highest BCUT2D eigenvalue weighted by Crippen LogP contribution is 2.25. The number of benzene rings is 1. The lowest BCUT2D eigenvalue weighted by atomic mass is 10.1. The van der Waals surface area contributed by atoms with Gasteiger partial charge in [-0.2, -0.15) is 10.1 Å². The molecule has 10 heteroatoms. The van der Waals surface area contributed by atoms with Gasteiger partial charge in [0.25, 0.3) is 5.95 Å². The second kappa shape index (κ2) is 8.60. The van der Waals surface area contributed by atoms with Crippen LogP contribution in [0.5, 0.6) is 5.75 Å². The van der Waals surface area contributed by atoms with Crippen LogP contribution in [-0.4, -0.2) is 41.0 Å². The number of hydrogen-bond donors (Lipinski definition) is 3. The third-order valence-corrected chi connectivity index (χ3v) is 4.21. The topological polar surface area (TPSA) is 130 Å². The highest BCUT2D eigenvalue weighted by molar-refractivity contribution is 5.80. The molecule has 5 rings (SSSR count). The minimum absolute atomic E-state index is 0.0239. The first-order valence-electron chi connectivity index (χ1n) is 9.58. The van der Waals surface area contributed by atoms with Crippen molar-refractivity contribution in [2.45, 2.75) is 32.3 Å². The van der Waals surface area contributed by atoms with Crippen LogP contribution >= 0.6 is 0 Å². The van der Waals surface area contributed by atoms with Gasteiger partial charge < -0.3 is 9.84 Å². The Morgan fingerprint density at radius 2 is 1.97 bits per heavy atom. The van der Waals surface area contributed by atoms with Gasteiger partial charge in [0.2, 0.25) is 0 Å². The number of anilines is 1. The van der Waals surface area contributed by atoms with E-state index in [4.69, 9.17) is 9.84 Å². The summed E-state index contributed by atoms with van der Waals surface area (Å²) in [6, 6.07) is 12.9. The molecule has 1 saturated carbocycles. The Morgan fingerprint density at radius 3 is 2.60 bits per heavy atom. The van der Waals surface area contributed by atoms with Gasteiger partial charge in [0.05, 0.1) is 5.69 Å². The number of hydrogen-bond acceptors (Lipinski definition) is 6. The van der Waals surface area contributed by atoms with Crippen LogP contribution < -0.4 is 10.1 Å². The molecule has 3 N–H and O–H groups in total. The van der Waals surface area contributed by atoms with E-state index in [9.17, 15) is 4.79 Å². The number of nitrogens with zero attached hydrogens (tertiary/aromatic N) is 5. The van der Waals surface area contributed by atoms with Crippen molar-refractivity contribution < 1.29 is 14.6 Å². The molecule has 0 radical (unpaired) electrons. The SMILES string of the molecule is C1CC1.CC(Oc1ccc(-c2cccc3nc(NC(=O)O)nn23)cc1)c1ncn[nH]1. The summed E-state index contributed by atoms with van der Waals surface area (Å²) in [6.07, 6.45) is 4.46. The van der Waals surface area contributed by atoms with Gasteiger partial charge in [-0.1, -0.05) is 25.3 Å². The van der Waals surface area contributed by atoms with Crippen LogP contribution in [0.15, 0.2) is 48.8 Å². The number of nitrogens with one attached hydrogen (secondary N) is 2. The fraction of sp³-hybridized carbons (Fsp3) is 0.250. The molecule has 0 bridgehead atoms. The Morgan fingerprint density at radius 1 is 1.20 bits per heavy atom. The Hall–Kier alpha value is -3.95. The van der Waals surface area contributed by atoms with E-state index in [-0.39, 0.29) is 12.1 Å². The first kappa shape index (κ1) is 19.4. The lowest BCUT2D eigenvalue weighted by Crippen LogP contribution is -2.08. The van der Waals surface area contributed by atoms with E-state index in [0.717, 1.165) is 11.3 Å². The van der Waals surface area contributed by atoms with Crippen LogP contribution in [0.1, 0.15) is 38.1 Å². The van der Waals surface area contributed by atoms with Gasteiger partial charge in [0.15, 0.2) is 17.6 Å². The molecular formula is C20H21N7O3. The maximum Gasteiger partial charge on any atom is 0.411 e. The fourth-order valence-electron chi connectivity index (χ4n) is 2.65. The summed E-state index contributed by atoms with van der Waals surface area (Å²) in [7, 11) is 0. The number of amides is 1. The van der Waals surface area contributed by atoms with Crippen LogP contribution in [0.3, 0.4) is 0 Å². The number of ether oxygens (including phenoxy) is 1. The maximum absolute atomic E-state index is 10.8. The Balaban J connectivity index is 0.000000667. The summed E-state index contributed by atoms with van der Waals surface area (Å²) < 4.78 is 7.42. The zero-order chi connectivity index (χ0) is 20.9. The van der Waals surface area contributed by atoms with E-state index < -0.39 is 6.09 Å². The number of pyridine rings is 1. The molecule has 1 fully saturated rings. The fourth-order valence-corrected chi connectivity index (χ4v) is 2.65. The summed E-state index contributed by atoms with van der Waals surface area (Å²) in [5, 5.41) is 21.8. The number of carboxylic acid groups (broad SMARTS) is 1. The van der Waals surface area contributed by atoms with Crippen LogP contribution in [0.4, 0.5) is 10.7 Å². The molecule has 1 amide bonds. The first-order valence-corrected chi connectivity index (χ1v) is 9.58. The summed E-state index contributed by atoms with van der Waals surface area (Å²) in [4.78, 5) is 19.0. The summed E-state index contributed by atoms with van der Waals surface area (Å²) >= 11 is 0. The summed E-state index contributed by atoms with van der Waals surface area (Å²) in [5.74, 6) is 1.35. The van der Waals surface area contributed by atoms with Crippen LogP contribution in [0.25, 0.3) is 16.9 Å². The lowest BCUT2D eigenvalue weighted by Gasteiger charge is -2.12. The zero-order valence-electron chi connectivity index (χ0n) is 16.3. The number of aromatic amines is 1. The van der Waals surface area contributed by atoms with E-state index in [2.05, 4.69) is 30.6 Å². The zero-order valence-corrected chi connectivity index (χ0v) is 16.3. The molecule has 0 aliphatic heterocycles. The quantitative estimate of drug-likeness (QED) is 0.457. The molecule has 154 valence electrons. The number of H-pyrrole nitrogens is 1. The molecule has 4 aromatic rings. The normalized spacial score (nSPS) is 13.2. The molecule has 1 atom stereocenters. The molecule has 0 saturated heterocycles. The van der Waals surface area contributed by atoms with Crippen LogP contribution in [0.2, 0.25) is 0 Å². The van der Waals surface area contributed by atoms with Gasteiger partial charge in [0, 0.05) is 5.56 Å². The smallest absolute Gasteiger partial charge is 0.411 e. The Bertz CT molecular complexity index is 1120. The van der Waals surface area contributed by atoms with E-state index >= 15 is 0 Å². The monoisotopic (exact) mass is 407 g/mol. The van der Waals surface area contributed by atoms with Crippen molar-refractivity contribution >= 4 is 17.7 Å². The average Bonchev–Trinajstić information content (AvgIpc) is 3.39. The van der Waals surface area contributed by atoms with Gasteiger partial charge in [-0.05, 0) is 43.3 Å². The average molecular weight is 407 g/mol. The van der Waals surface area contributed by atoms with Crippen molar-refractivity contribution in [3.05, 3.63) is 54.6 Å². The molecule has 1 aliphatic carbocycles. The third-order valence-electron chi connectivity index (χ3n) is 4.21. The molecule has 1 aromatic carbocycles. The first-order chi connectivity index (χ1) is 14.6. The van der Waals surface area contributed by atoms with Crippen LogP contribution in [-0.2, 0) is 0 Å². The van der Waals surface area contributed by atoms with Crippen molar-refractivity contribution in [3.63, 3.8) is 0 Å². The third kappa shape index (κ3) is 4.72. The van der Waals surface area contributed by atoms with Gasteiger partial charge in [-0.25, -0.2) is 14.3 Å². The van der Waals surface area contributed by atoms with Crippen LogP contribution in [0, 0.1) is 0 Å². The van der Waals surface area contributed by atoms with Gasteiger partial charge >= 0.3 is 6.09 Å². The van der Waals surface area contributed by atoms with Crippen molar-refractivity contribution in [3.8, 4) is 17.0 Å². The molecule has 3 aromatic heterocycles. The van der Waals surface area contributed by atoms with Gasteiger partial charge in [-0.15, -0.1) is 5.10 Å². The van der Waals surface area contributed by atoms with Crippen molar-refractivity contribution in [1.82, 2.24) is 29.8 Å². The Kier molecular flexibility index (Phi) is 5.55. The molecule has 0 spiro atoms. The number of fused-ring (bicyclic) bond motifs is 1. The second-order valence-electron chi connectivity index (χ2n) is 6.76. The number of aromatic nitrogens is 6. The maximum atomic E-state index is 10.8. The van der Waals surface area contributed by atoms with Gasteiger partial charge in [-0.3, -0.25) is 10.4 Å². The van der Waals surface area contributed by atoms with E-state index in [1.54, 1.807) is 10.6 Å². The molecule has 10 nitrogen and oxygen atoms in total. The molecule has 3 heterocycles. The summed E-state index contributed by atoms with van der Waals surface area (Å²) in [5.41, 5.74) is 2.19. The standard InChI is InChI=1S/C17H15N7O3.C3H6/c1-10(15-18-9-19-22-15)27-12-7-5-11(6-8-12)13-3-2-4-14-20-16(21-17(25)26)23-24(13)14;1-2-3-1/h2-10H,1H3,(H,21,23)(H,25,26)(H,18,19,22);1-3H2. The molecule has 30 heavy (non-hydrogen) atoms. The van der Waals surface area contributed by atoms with Gasteiger partial charge in [0.1, 0.15) is 12.1 Å². The largest absolute Gasteiger partial charge is 0.483 e. The van der Waals surface area contributed by atoms with E-state index in [1.165, 1.54) is 25.6 Å². The highest BCUT2D eigenvalue weighted by Gasteiger charge is 2.12. The minimum atomic E-state index is -1.21. The van der Waals surface area contributed by atoms with Crippen molar-refractivity contribution in [2.75, 3.05) is 5.32 Å². The predicted molar refractivity (Wildman–Crippen MR) is 109 cm³/mol. The second-order valence-corrected chi connectivity index (χ2v) is 6.76. The highest BCUT2D eigenvalue weighted by atomic mass is 16.5. The predicted octanol–water partition coefficient (Wildman–Crippen LogP) is 3.91. The molecule has 1 aliphatic rings. The number of rotatable bonds is 5.